The van der Waals surface area contributed by atoms with Crippen molar-refractivity contribution in [2.24, 2.45) is 0 Å². The Morgan fingerprint density at radius 1 is 1.33 bits per heavy atom. The summed E-state index contributed by atoms with van der Waals surface area (Å²) in [5, 5.41) is 21.3. The number of aromatic nitrogens is 3. The molecule has 0 saturated heterocycles. The summed E-state index contributed by atoms with van der Waals surface area (Å²) >= 11 is 0. The Balaban J connectivity index is 2.02. The molecule has 2 aromatic rings. The Hall–Kier alpha value is -2.54. The molecule has 0 aromatic carbocycles. The summed E-state index contributed by atoms with van der Waals surface area (Å²) < 4.78 is 0. The maximum atomic E-state index is 10.7. The molecule has 0 amide bonds. The van der Waals surface area contributed by atoms with Gasteiger partial charge in [0.1, 0.15) is 5.82 Å². The molecule has 3 N–H and O–H groups in total. The van der Waals surface area contributed by atoms with Crippen molar-refractivity contribution in [2.45, 2.75) is 26.5 Å². The summed E-state index contributed by atoms with van der Waals surface area (Å²) in [6.45, 7) is 3.97. The number of carbonyl (C=O) groups is 1. The Morgan fingerprint density at radius 3 is 2.62 bits per heavy atom. The molecule has 0 aliphatic rings. The van der Waals surface area contributed by atoms with Crippen LogP contribution in [-0.4, -0.2) is 31.1 Å². The highest BCUT2D eigenvalue weighted by atomic mass is 16.4. The molecular formula is C14H16N4O3. The predicted molar refractivity (Wildman–Crippen MR) is 75.9 cm³/mol. The predicted octanol–water partition coefficient (Wildman–Crippen LogP) is 1.54. The number of nitrogens with one attached hydrogen (secondary N) is 1. The zero-order chi connectivity index (χ0) is 15.4. The van der Waals surface area contributed by atoms with E-state index in [2.05, 4.69) is 20.3 Å². The lowest BCUT2D eigenvalue weighted by Crippen LogP contribution is -2.08. The SMILES string of the molecule is Cc1nc(CNc2cnc(C(=O)O)cn2)ccc1C(C)O. The van der Waals surface area contributed by atoms with Crippen molar-refractivity contribution in [1.29, 1.82) is 0 Å². The first-order valence-electron chi connectivity index (χ1n) is 6.41. The molecule has 0 aliphatic carbocycles. The Morgan fingerprint density at radius 2 is 2.10 bits per heavy atom. The minimum Gasteiger partial charge on any atom is -0.476 e. The third-order valence-electron chi connectivity index (χ3n) is 2.96. The number of aliphatic hydroxyl groups is 1. The van der Waals surface area contributed by atoms with Crippen molar-refractivity contribution < 1.29 is 15.0 Å². The van der Waals surface area contributed by atoms with E-state index in [-0.39, 0.29) is 5.69 Å². The van der Waals surface area contributed by atoms with Crippen molar-refractivity contribution in [3.63, 3.8) is 0 Å². The van der Waals surface area contributed by atoms with Gasteiger partial charge in [-0.25, -0.2) is 14.8 Å². The van der Waals surface area contributed by atoms with Crippen LogP contribution in [0.2, 0.25) is 0 Å². The smallest absolute Gasteiger partial charge is 0.356 e. The summed E-state index contributed by atoms with van der Waals surface area (Å²) in [5.41, 5.74) is 2.26. The normalized spacial score (nSPS) is 12.0. The highest BCUT2D eigenvalue weighted by molar-refractivity contribution is 5.84. The monoisotopic (exact) mass is 288 g/mol. The number of carboxylic acid groups (broad SMARTS) is 1. The van der Waals surface area contributed by atoms with Gasteiger partial charge in [0.05, 0.1) is 30.7 Å². The molecule has 1 atom stereocenters. The topological polar surface area (TPSA) is 108 Å². The van der Waals surface area contributed by atoms with E-state index in [1.807, 2.05) is 19.1 Å². The van der Waals surface area contributed by atoms with E-state index in [4.69, 9.17) is 5.11 Å². The molecule has 0 bridgehead atoms. The van der Waals surface area contributed by atoms with Gasteiger partial charge in [0.2, 0.25) is 0 Å². The number of aliphatic hydroxyl groups excluding tert-OH is 1. The molecule has 0 fully saturated rings. The van der Waals surface area contributed by atoms with Crippen molar-refractivity contribution in [2.75, 3.05) is 5.32 Å². The fourth-order valence-electron chi connectivity index (χ4n) is 1.87. The van der Waals surface area contributed by atoms with Gasteiger partial charge in [-0.2, -0.15) is 0 Å². The van der Waals surface area contributed by atoms with Crippen LogP contribution in [0.1, 0.15) is 40.5 Å². The number of nitrogens with zero attached hydrogens (tertiary/aromatic N) is 3. The summed E-state index contributed by atoms with van der Waals surface area (Å²) in [6, 6.07) is 3.66. The first kappa shape index (κ1) is 14.9. The number of pyridine rings is 1. The van der Waals surface area contributed by atoms with Gasteiger partial charge in [-0.1, -0.05) is 6.07 Å². The second-order valence-corrected chi connectivity index (χ2v) is 4.60. The second kappa shape index (κ2) is 6.27. The lowest BCUT2D eigenvalue weighted by molar-refractivity contribution is 0.0690. The van der Waals surface area contributed by atoms with Crippen LogP contribution in [-0.2, 0) is 6.54 Å². The number of rotatable bonds is 5. The minimum absolute atomic E-state index is 0.101. The lowest BCUT2D eigenvalue weighted by atomic mass is 10.1. The van der Waals surface area contributed by atoms with Gasteiger partial charge in [0.25, 0.3) is 0 Å². The van der Waals surface area contributed by atoms with Crippen LogP contribution in [0.4, 0.5) is 5.82 Å². The Bertz CT molecular complexity index is 641. The summed E-state index contributed by atoms with van der Waals surface area (Å²) in [7, 11) is 0. The van der Waals surface area contributed by atoms with Crippen molar-refractivity contribution >= 4 is 11.8 Å². The molecule has 0 spiro atoms. The highest BCUT2D eigenvalue weighted by Gasteiger charge is 2.08. The fourth-order valence-corrected chi connectivity index (χ4v) is 1.87. The van der Waals surface area contributed by atoms with E-state index in [0.29, 0.717) is 12.4 Å². The fraction of sp³-hybridized carbons (Fsp3) is 0.286. The van der Waals surface area contributed by atoms with E-state index >= 15 is 0 Å². The van der Waals surface area contributed by atoms with Crippen LogP contribution >= 0.6 is 0 Å². The van der Waals surface area contributed by atoms with E-state index in [1.54, 1.807) is 6.92 Å². The van der Waals surface area contributed by atoms with Gasteiger partial charge in [0, 0.05) is 11.3 Å². The molecule has 7 heteroatoms. The molecular weight excluding hydrogens is 272 g/mol. The first-order chi connectivity index (χ1) is 9.97. The summed E-state index contributed by atoms with van der Waals surface area (Å²) in [6.07, 6.45) is 2.01. The molecule has 2 aromatic heterocycles. The number of anilines is 1. The highest BCUT2D eigenvalue weighted by Crippen LogP contribution is 2.16. The lowest BCUT2D eigenvalue weighted by Gasteiger charge is -2.10. The van der Waals surface area contributed by atoms with E-state index in [1.165, 1.54) is 12.4 Å². The maximum absolute atomic E-state index is 10.7. The van der Waals surface area contributed by atoms with E-state index < -0.39 is 12.1 Å². The molecule has 7 nitrogen and oxygen atoms in total. The number of hydrogen-bond acceptors (Lipinski definition) is 6. The summed E-state index contributed by atoms with van der Waals surface area (Å²) in [4.78, 5) is 22.8. The standard InChI is InChI=1S/C14H16N4O3/c1-8-11(9(2)19)4-3-10(18-8)5-16-13-7-15-12(6-17-13)14(20)21/h3-4,6-7,9,19H,5H2,1-2H3,(H,16,17)(H,20,21). The van der Waals surface area contributed by atoms with Crippen molar-refractivity contribution in [3.8, 4) is 0 Å². The zero-order valence-corrected chi connectivity index (χ0v) is 11.7. The number of aromatic carboxylic acids is 1. The molecule has 1 unspecified atom stereocenters. The molecule has 110 valence electrons. The molecule has 0 radical (unpaired) electrons. The second-order valence-electron chi connectivity index (χ2n) is 4.60. The van der Waals surface area contributed by atoms with Crippen LogP contribution < -0.4 is 5.32 Å². The molecule has 21 heavy (non-hydrogen) atoms. The van der Waals surface area contributed by atoms with Gasteiger partial charge in [0.15, 0.2) is 5.69 Å². The van der Waals surface area contributed by atoms with Crippen LogP contribution in [0, 0.1) is 6.92 Å². The molecule has 2 rings (SSSR count). The van der Waals surface area contributed by atoms with E-state index in [0.717, 1.165) is 17.0 Å². The van der Waals surface area contributed by atoms with Gasteiger partial charge < -0.3 is 15.5 Å². The number of aryl methyl sites for hydroxylation is 1. The summed E-state index contributed by atoms with van der Waals surface area (Å²) in [5.74, 6) is -0.640. The first-order valence-corrected chi connectivity index (χ1v) is 6.41. The number of hydrogen-bond donors (Lipinski definition) is 3. The molecule has 0 aliphatic heterocycles. The third kappa shape index (κ3) is 3.73. The van der Waals surface area contributed by atoms with Gasteiger partial charge >= 0.3 is 5.97 Å². The van der Waals surface area contributed by atoms with Crippen LogP contribution in [0.15, 0.2) is 24.5 Å². The average Bonchev–Trinajstić information content (AvgIpc) is 2.45. The Kier molecular flexibility index (Phi) is 4.44. The number of carboxylic acids is 1. The van der Waals surface area contributed by atoms with Crippen LogP contribution in [0.5, 0.6) is 0 Å². The maximum Gasteiger partial charge on any atom is 0.356 e. The van der Waals surface area contributed by atoms with Gasteiger partial charge in [-0.15, -0.1) is 0 Å². The molecule has 2 heterocycles. The zero-order valence-electron chi connectivity index (χ0n) is 11.7. The van der Waals surface area contributed by atoms with Crippen molar-refractivity contribution in [3.05, 3.63) is 47.2 Å². The van der Waals surface area contributed by atoms with Gasteiger partial charge in [-0.3, -0.25) is 4.98 Å². The third-order valence-corrected chi connectivity index (χ3v) is 2.96. The Labute approximate surface area is 121 Å². The quantitative estimate of drug-likeness (QED) is 0.765. The largest absolute Gasteiger partial charge is 0.476 e. The van der Waals surface area contributed by atoms with E-state index in [9.17, 15) is 9.90 Å². The van der Waals surface area contributed by atoms with Crippen molar-refractivity contribution in [1.82, 2.24) is 15.0 Å². The van der Waals surface area contributed by atoms with Crippen LogP contribution in [0.25, 0.3) is 0 Å². The molecule has 0 saturated carbocycles. The minimum atomic E-state index is -1.11. The van der Waals surface area contributed by atoms with Gasteiger partial charge in [-0.05, 0) is 19.9 Å². The average molecular weight is 288 g/mol. The van der Waals surface area contributed by atoms with Crippen LogP contribution in [0.3, 0.4) is 0 Å².